The summed E-state index contributed by atoms with van der Waals surface area (Å²) in [6, 6.07) is -3.24. The van der Waals surface area contributed by atoms with Crippen LogP contribution in [0.5, 0.6) is 0 Å². The number of nitrogens with zero attached hydrogens (tertiary/aromatic N) is 1. The minimum absolute atomic E-state index is 0.00279. The van der Waals surface area contributed by atoms with Gasteiger partial charge in [-0.15, -0.1) is 0 Å². The van der Waals surface area contributed by atoms with Crippen molar-refractivity contribution < 1.29 is 63.3 Å². The Morgan fingerprint density at radius 3 is 1.62 bits per heavy atom. The maximum absolute atomic E-state index is 13.9. The smallest absolute Gasteiger partial charge is 0.326 e. The first-order valence-electron chi connectivity index (χ1n) is 24.5. The second-order valence-corrected chi connectivity index (χ2v) is 19.5. The van der Waals surface area contributed by atoms with Gasteiger partial charge in [-0.2, -0.15) is 24.4 Å². The van der Waals surface area contributed by atoms with E-state index in [1.165, 1.54) is 16.7 Å². The molecule has 1 aliphatic rings. The molecule has 1 fully saturated rings. The summed E-state index contributed by atoms with van der Waals surface area (Å²) in [4.78, 5) is 134. The first-order chi connectivity index (χ1) is 34.7. The maximum atomic E-state index is 13.9. The molecule has 1 heterocycles. The number of hydrogen-bond donors (Lipinski definition) is 14. The highest BCUT2D eigenvalue weighted by Gasteiger charge is 2.39. The molecule has 0 aromatic heterocycles. The molecule has 24 nitrogen and oxygen atoms in total. The highest BCUT2D eigenvalue weighted by molar-refractivity contribution is 7.98. The van der Waals surface area contributed by atoms with Gasteiger partial charge in [0.05, 0.1) is 19.1 Å². The standard InChI is InChI=1S/C47H77N11O13S2/c1-27(2)22-34(46(69)58-20-11-16-37(58)47(70)71)55-41(64)31(15-8-10-19-49)52-44(67)35(25-59)56-45(68)36(26-72)57-42(65)32(17-21-73-3)53-40(63)30(14-7-9-18-48)51-43(66)33(24-38(60)61)54-39(62)29(50)23-28-12-5-4-6-13-28/h4-6,12-13,27,29-37,59,72H,7-11,14-26,48-50H2,1-3H3,(H,51,66)(H,52,67)(H,53,63)(H,54,62)(H,55,64)(H,56,68)(H,57,65)(H,60,61)(H,70,71). The first kappa shape index (κ1) is 63.6. The molecule has 26 heteroatoms. The number of aliphatic hydroxyl groups is 1. The van der Waals surface area contributed by atoms with Gasteiger partial charge in [0.25, 0.3) is 0 Å². The van der Waals surface area contributed by atoms with Crippen LogP contribution in [0.2, 0.25) is 0 Å². The van der Waals surface area contributed by atoms with Crippen molar-refractivity contribution in [3.63, 3.8) is 0 Å². The Labute approximate surface area is 435 Å². The molecule has 16 N–H and O–H groups in total. The summed E-state index contributed by atoms with van der Waals surface area (Å²) in [5.74, 6) is -9.50. The molecular formula is C47H77N11O13S2. The molecule has 9 atom stereocenters. The number of amides is 8. The van der Waals surface area contributed by atoms with Crippen LogP contribution >= 0.6 is 24.4 Å². The molecule has 8 amide bonds. The predicted molar refractivity (Wildman–Crippen MR) is 275 cm³/mol. The Morgan fingerprint density at radius 1 is 0.671 bits per heavy atom. The van der Waals surface area contributed by atoms with Crippen molar-refractivity contribution in [1.82, 2.24) is 42.1 Å². The molecule has 410 valence electrons. The Balaban J connectivity index is 2.25. The number of unbranched alkanes of at least 4 members (excludes halogenated alkanes) is 2. The van der Waals surface area contributed by atoms with E-state index in [9.17, 15) is 63.3 Å². The molecule has 1 aliphatic heterocycles. The fraction of sp³-hybridized carbons (Fsp3) is 0.660. The lowest BCUT2D eigenvalue weighted by atomic mass is 10.0. The molecule has 0 spiro atoms. The van der Waals surface area contributed by atoms with Crippen LogP contribution in [0.4, 0.5) is 0 Å². The summed E-state index contributed by atoms with van der Waals surface area (Å²) < 4.78 is 0. The molecule has 1 aromatic carbocycles. The number of benzene rings is 1. The number of nitrogens with one attached hydrogen (secondary N) is 7. The molecule has 0 aliphatic carbocycles. The van der Waals surface area contributed by atoms with E-state index in [0.29, 0.717) is 37.9 Å². The van der Waals surface area contributed by atoms with Crippen molar-refractivity contribution in [2.75, 3.05) is 44.0 Å². The minimum Gasteiger partial charge on any atom is -0.481 e. The van der Waals surface area contributed by atoms with Crippen LogP contribution in [-0.4, -0.2) is 178 Å². The average molecular weight is 1070 g/mol. The van der Waals surface area contributed by atoms with Crippen molar-refractivity contribution in [1.29, 1.82) is 0 Å². The summed E-state index contributed by atoms with van der Waals surface area (Å²) in [6.45, 7) is 3.40. The fourth-order valence-corrected chi connectivity index (χ4v) is 8.58. The van der Waals surface area contributed by atoms with Crippen molar-refractivity contribution in [2.24, 2.45) is 23.1 Å². The number of hydrogen-bond acceptors (Lipinski definition) is 16. The summed E-state index contributed by atoms with van der Waals surface area (Å²) in [7, 11) is 0. The molecule has 73 heavy (non-hydrogen) atoms. The van der Waals surface area contributed by atoms with E-state index in [4.69, 9.17) is 17.2 Å². The lowest BCUT2D eigenvalue weighted by Crippen LogP contribution is -2.61. The molecular weight excluding hydrogens is 991 g/mol. The van der Waals surface area contributed by atoms with Gasteiger partial charge in [0.1, 0.15) is 48.3 Å². The van der Waals surface area contributed by atoms with Crippen molar-refractivity contribution in [3.8, 4) is 0 Å². The van der Waals surface area contributed by atoms with Crippen LogP contribution in [0.25, 0.3) is 0 Å². The topological polar surface area (TPSA) is 397 Å². The Morgan fingerprint density at radius 2 is 1.14 bits per heavy atom. The number of nitrogens with two attached hydrogens (primary N) is 3. The SMILES string of the molecule is CSCCC(NC(=O)C(CCCCN)NC(=O)C(CC(=O)O)NC(=O)C(N)Cc1ccccc1)C(=O)NC(CS)C(=O)NC(CO)C(=O)NC(CCCCN)C(=O)NC(CC(C)C)C(=O)N1CCCC1C(=O)O. The quantitative estimate of drug-likeness (QED) is 0.0246. The Bertz CT molecular complexity index is 1990. The third-order valence-corrected chi connectivity index (χ3v) is 12.8. The molecule has 9 unspecified atom stereocenters. The van der Waals surface area contributed by atoms with E-state index in [0.717, 1.165) is 5.56 Å². The largest absolute Gasteiger partial charge is 0.481 e. The predicted octanol–water partition coefficient (Wildman–Crippen LogP) is -2.52. The highest BCUT2D eigenvalue weighted by Crippen LogP contribution is 2.21. The van der Waals surface area contributed by atoms with E-state index >= 15 is 0 Å². The van der Waals surface area contributed by atoms with Gasteiger partial charge < -0.3 is 74.6 Å². The number of aliphatic hydroxyl groups excluding tert-OH is 1. The van der Waals surface area contributed by atoms with Crippen LogP contribution in [0.15, 0.2) is 30.3 Å². The van der Waals surface area contributed by atoms with Gasteiger partial charge >= 0.3 is 11.9 Å². The van der Waals surface area contributed by atoms with Gasteiger partial charge in [0, 0.05) is 12.3 Å². The Hall–Kier alpha value is -5.54. The van der Waals surface area contributed by atoms with Crippen molar-refractivity contribution >= 4 is 83.6 Å². The summed E-state index contributed by atoms with van der Waals surface area (Å²) in [5, 5.41) is 47.2. The van der Waals surface area contributed by atoms with Gasteiger partial charge in [0.2, 0.25) is 47.3 Å². The van der Waals surface area contributed by atoms with Crippen LogP contribution in [0.1, 0.15) is 90.0 Å². The molecule has 0 bridgehead atoms. The second kappa shape index (κ2) is 34.0. The van der Waals surface area contributed by atoms with E-state index in [1.807, 2.05) is 13.8 Å². The van der Waals surface area contributed by atoms with Crippen molar-refractivity contribution in [3.05, 3.63) is 35.9 Å². The fourth-order valence-electron chi connectivity index (χ4n) is 7.85. The summed E-state index contributed by atoms with van der Waals surface area (Å²) >= 11 is 5.56. The van der Waals surface area contributed by atoms with Crippen LogP contribution in [0, 0.1) is 5.92 Å². The normalized spacial score (nSPS) is 16.6. The molecule has 0 saturated carbocycles. The van der Waals surface area contributed by atoms with E-state index in [1.54, 1.807) is 36.6 Å². The zero-order chi connectivity index (χ0) is 54.6. The Kier molecular flexibility index (Phi) is 29.6. The highest BCUT2D eigenvalue weighted by atomic mass is 32.2. The average Bonchev–Trinajstić information content (AvgIpc) is 3.85. The third kappa shape index (κ3) is 22.6. The number of aliphatic carboxylic acids is 2. The summed E-state index contributed by atoms with van der Waals surface area (Å²) in [6.07, 6.45) is 3.53. The first-order valence-corrected chi connectivity index (χ1v) is 26.5. The number of carboxylic acid groups (broad SMARTS) is 2. The third-order valence-electron chi connectivity index (χ3n) is 11.8. The van der Waals surface area contributed by atoms with E-state index < -0.39 is 127 Å². The number of carboxylic acids is 2. The van der Waals surface area contributed by atoms with Crippen LogP contribution in [-0.2, 0) is 54.4 Å². The molecule has 2 rings (SSSR count). The number of carbonyl (C=O) groups is 10. The van der Waals surface area contributed by atoms with Crippen LogP contribution in [0.3, 0.4) is 0 Å². The summed E-state index contributed by atoms with van der Waals surface area (Å²) in [5.41, 5.74) is 18.2. The number of rotatable bonds is 35. The lowest BCUT2D eigenvalue weighted by Gasteiger charge is -2.30. The van der Waals surface area contributed by atoms with Gasteiger partial charge in [-0.3, -0.25) is 43.2 Å². The lowest BCUT2D eigenvalue weighted by molar-refractivity contribution is -0.149. The number of likely N-dealkylation sites (tertiary alicyclic amines) is 1. The maximum Gasteiger partial charge on any atom is 0.326 e. The number of thioether (sulfide) groups is 1. The second-order valence-electron chi connectivity index (χ2n) is 18.2. The minimum atomic E-state index is -1.66. The van der Waals surface area contributed by atoms with Gasteiger partial charge in [-0.05, 0) is 107 Å². The van der Waals surface area contributed by atoms with E-state index in [-0.39, 0.29) is 69.8 Å². The zero-order valence-corrected chi connectivity index (χ0v) is 43.6. The van der Waals surface area contributed by atoms with Gasteiger partial charge in [-0.25, -0.2) is 4.79 Å². The number of thiol groups is 1. The molecule has 1 aromatic rings. The van der Waals surface area contributed by atoms with Crippen molar-refractivity contribution in [2.45, 2.75) is 145 Å². The van der Waals surface area contributed by atoms with E-state index in [2.05, 4.69) is 49.8 Å². The molecule has 1 saturated heterocycles. The molecule has 0 radical (unpaired) electrons. The van der Waals surface area contributed by atoms with Gasteiger partial charge in [-0.1, -0.05) is 44.2 Å². The monoisotopic (exact) mass is 1070 g/mol. The van der Waals surface area contributed by atoms with Crippen LogP contribution < -0.4 is 54.4 Å². The van der Waals surface area contributed by atoms with Gasteiger partial charge in [0.15, 0.2) is 0 Å². The number of carbonyl (C=O) groups excluding carboxylic acids is 8. The zero-order valence-electron chi connectivity index (χ0n) is 41.8.